The van der Waals surface area contributed by atoms with Crippen LogP contribution in [0.25, 0.3) is 0 Å². The van der Waals surface area contributed by atoms with Crippen LogP contribution in [0.15, 0.2) is 24.3 Å². The van der Waals surface area contributed by atoms with Crippen LogP contribution in [-0.4, -0.2) is 45.0 Å². The van der Waals surface area contributed by atoms with Crippen molar-refractivity contribution >= 4 is 29.0 Å². The average Bonchev–Trinajstić information content (AvgIpc) is 3.14. The highest BCUT2D eigenvalue weighted by Crippen LogP contribution is 2.29. The van der Waals surface area contributed by atoms with E-state index in [9.17, 15) is 14.4 Å². The van der Waals surface area contributed by atoms with Gasteiger partial charge in [-0.1, -0.05) is 0 Å². The third kappa shape index (κ3) is 5.56. The first kappa shape index (κ1) is 21.4. The highest BCUT2D eigenvalue weighted by Gasteiger charge is 2.17. The van der Waals surface area contributed by atoms with Gasteiger partial charge in [-0.15, -0.1) is 11.3 Å². The van der Waals surface area contributed by atoms with Crippen LogP contribution in [0.5, 0.6) is 11.5 Å². The number of rotatable bonds is 9. The van der Waals surface area contributed by atoms with E-state index < -0.39 is 5.97 Å². The predicted molar refractivity (Wildman–Crippen MR) is 106 cm³/mol. The molecule has 2 aromatic rings. The van der Waals surface area contributed by atoms with Gasteiger partial charge in [0.2, 0.25) is 11.7 Å². The standard InChI is InChI=1S/C20H23NO6S/c1-12-17(25-3)9-14(10-18(12)26-4)20(24)27-11-16(23)19-6-5-15(28-19)7-8-21-13(2)22/h5-6,9-10H,7-8,11H2,1-4H3,(H,21,22). The molecule has 0 unspecified atom stereocenters. The van der Waals surface area contributed by atoms with E-state index in [-0.39, 0.29) is 23.9 Å². The molecule has 1 amide bonds. The average molecular weight is 405 g/mol. The van der Waals surface area contributed by atoms with Crippen LogP contribution in [0.3, 0.4) is 0 Å². The third-order valence-electron chi connectivity index (χ3n) is 4.00. The molecule has 0 aliphatic heterocycles. The Hall–Kier alpha value is -2.87. The zero-order chi connectivity index (χ0) is 20.7. The summed E-state index contributed by atoms with van der Waals surface area (Å²) in [5.41, 5.74) is 1.01. The lowest BCUT2D eigenvalue weighted by Gasteiger charge is -2.12. The van der Waals surface area contributed by atoms with Crippen molar-refractivity contribution in [2.45, 2.75) is 20.3 Å². The molecule has 150 valence electrons. The Labute approximate surface area is 167 Å². The van der Waals surface area contributed by atoms with Gasteiger partial charge in [0.25, 0.3) is 0 Å². The van der Waals surface area contributed by atoms with Gasteiger partial charge in [0.15, 0.2) is 6.61 Å². The van der Waals surface area contributed by atoms with Crippen LogP contribution in [0.4, 0.5) is 0 Å². The normalized spacial score (nSPS) is 10.3. The minimum atomic E-state index is -0.632. The van der Waals surface area contributed by atoms with Crippen LogP contribution in [0.2, 0.25) is 0 Å². The summed E-state index contributed by atoms with van der Waals surface area (Å²) >= 11 is 1.32. The van der Waals surface area contributed by atoms with Crippen molar-refractivity contribution in [1.29, 1.82) is 0 Å². The van der Waals surface area contributed by atoms with Crippen molar-refractivity contribution in [1.82, 2.24) is 5.32 Å². The number of nitrogens with one attached hydrogen (secondary N) is 1. The molecule has 28 heavy (non-hydrogen) atoms. The van der Waals surface area contributed by atoms with E-state index in [1.807, 2.05) is 13.0 Å². The zero-order valence-electron chi connectivity index (χ0n) is 16.3. The minimum Gasteiger partial charge on any atom is -0.496 e. The van der Waals surface area contributed by atoms with Crippen LogP contribution in [0, 0.1) is 6.92 Å². The number of carbonyl (C=O) groups excluding carboxylic acids is 3. The number of amides is 1. The van der Waals surface area contributed by atoms with Crippen molar-refractivity contribution in [2.24, 2.45) is 0 Å². The molecule has 0 bridgehead atoms. The number of benzene rings is 1. The summed E-state index contributed by atoms with van der Waals surface area (Å²) in [4.78, 5) is 37.0. The second-order valence-corrected chi connectivity index (χ2v) is 7.17. The number of carbonyl (C=O) groups is 3. The maximum Gasteiger partial charge on any atom is 0.338 e. The number of ether oxygens (including phenoxy) is 3. The monoisotopic (exact) mass is 405 g/mol. The summed E-state index contributed by atoms with van der Waals surface area (Å²) < 4.78 is 15.6. The maximum atomic E-state index is 12.3. The molecule has 0 aliphatic rings. The Morgan fingerprint density at radius 1 is 1.07 bits per heavy atom. The molecule has 0 saturated carbocycles. The minimum absolute atomic E-state index is 0.0934. The number of ketones is 1. The fourth-order valence-electron chi connectivity index (χ4n) is 2.51. The van der Waals surface area contributed by atoms with Gasteiger partial charge < -0.3 is 19.5 Å². The lowest BCUT2D eigenvalue weighted by Crippen LogP contribution is -2.22. The van der Waals surface area contributed by atoms with E-state index in [4.69, 9.17) is 14.2 Å². The summed E-state index contributed by atoms with van der Waals surface area (Å²) in [6, 6.07) is 6.63. The van der Waals surface area contributed by atoms with Gasteiger partial charge >= 0.3 is 5.97 Å². The number of methoxy groups -OCH3 is 2. The molecule has 1 aromatic carbocycles. The Kier molecular flexibility index (Phi) is 7.57. The molecule has 0 radical (unpaired) electrons. The molecule has 8 heteroatoms. The van der Waals surface area contributed by atoms with Crippen molar-refractivity contribution < 1.29 is 28.6 Å². The molecule has 7 nitrogen and oxygen atoms in total. The van der Waals surface area contributed by atoms with E-state index in [1.54, 1.807) is 18.2 Å². The van der Waals surface area contributed by atoms with Crippen molar-refractivity contribution in [2.75, 3.05) is 27.4 Å². The van der Waals surface area contributed by atoms with Crippen LogP contribution in [-0.2, 0) is 16.0 Å². The molecule has 0 aliphatic carbocycles. The summed E-state index contributed by atoms with van der Waals surface area (Å²) in [6.07, 6.45) is 0.639. The van der Waals surface area contributed by atoms with E-state index in [2.05, 4.69) is 5.32 Å². The van der Waals surface area contributed by atoms with Crippen molar-refractivity contribution in [3.63, 3.8) is 0 Å². The Balaban J connectivity index is 1.96. The van der Waals surface area contributed by atoms with Gasteiger partial charge in [-0.3, -0.25) is 9.59 Å². The molecule has 1 aromatic heterocycles. The van der Waals surface area contributed by atoms with Crippen molar-refractivity contribution in [3.8, 4) is 11.5 Å². The molecule has 1 N–H and O–H groups in total. The first-order chi connectivity index (χ1) is 13.3. The van der Waals surface area contributed by atoms with Gasteiger partial charge in [-0.25, -0.2) is 4.79 Å². The summed E-state index contributed by atoms with van der Waals surface area (Å²) in [7, 11) is 3.00. The maximum absolute atomic E-state index is 12.3. The van der Waals surface area contributed by atoms with Gasteiger partial charge in [0.1, 0.15) is 11.5 Å². The molecular formula is C20H23NO6S. The first-order valence-corrected chi connectivity index (χ1v) is 9.43. The van der Waals surface area contributed by atoms with Crippen LogP contribution >= 0.6 is 11.3 Å². The smallest absolute Gasteiger partial charge is 0.338 e. The zero-order valence-corrected chi connectivity index (χ0v) is 17.1. The Morgan fingerprint density at radius 2 is 1.71 bits per heavy atom. The number of Topliss-reactive ketones (excluding diaryl/α,β-unsaturated/α-hetero) is 1. The van der Waals surface area contributed by atoms with Crippen LogP contribution < -0.4 is 14.8 Å². The van der Waals surface area contributed by atoms with E-state index in [1.165, 1.54) is 32.5 Å². The topological polar surface area (TPSA) is 90.9 Å². The Morgan fingerprint density at radius 3 is 2.29 bits per heavy atom. The number of hydrogen-bond donors (Lipinski definition) is 1. The van der Waals surface area contributed by atoms with E-state index in [0.717, 1.165) is 10.4 Å². The highest BCUT2D eigenvalue weighted by molar-refractivity contribution is 7.14. The molecular weight excluding hydrogens is 382 g/mol. The predicted octanol–water partition coefficient (Wildman–Crippen LogP) is 2.79. The SMILES string of the molecule is COc1cc(C(=O)OCC(=O)c2ccc(CCNC(C)=O)s2)cc(OC)c1C. The van der Waals surface area contributed by atoms with Crippen molar-refractivity contribution in [3.05, 3.63) is 45.1 Å². The summed E-state index contributed by atoms with van der Waals surface area (Å²) in [5.74, 6) is -0.00826. The van der Waals surface area contributed by atoms with Crippen LogP contribution in [0.1, 0.15) is 37.4 Å². The Bertz CT molecular complexity index is 848. The molecule has 0 atom stereocenters. The number of esters is 1. The molecule has 0 fully saturated rings. The van der Waals surface area contributed by atoms with Gasteiger partial charge in [0, 0.05) is 23.9 Å². The summed E-state index contributed by atoms with van der Waals surface area (Å²) in [6.45, 7) is 3.42. The van der Waals surface area contributed by atoms with Gasteiger partial charge in [-0.05, 0) is 37.6 Å². The van der Waals surface area contributed by atoms with Gasteiger partial charge in [-0.2, -0.15) is 0 Å². The molecule has 0 spiro atoms. The molecule has 0 saturated heterocycles. The largest absolute Gasteiger partial charge is 0.496 e. The molecule has 1 heterocycles. The fraction of sp³-hybridized carbons (Fsp3) is 0.350. The molecule has 2 rings (SSSR count). The first-order valence-electron chi connectivity index (χ1n) is 8.61. The van der Waals surface area contributed by atoms with E-state index in [0.29, 0.717) is 29.3 Å². The summed E-state index contributed by atoms with van der Waals surface area (Å²) in [5, 5.41) is 2.71. The second kappa shape index (κ2) is 9.89. The number of thiophene rings is 1. The quantitative estimate of drug-likeness (QED) is 0.510. The second-order valence-electron chi connectivity index (χ2n) is 6.00. The third-order valence-corrected chi connectivity index (χ3v) is 5.19. The lowest BCUT2D eigenvalue weighted by molar-refractivity contribution is -0.118. The number of hydrogen-bond acceptors (Lipinski definition) is 7. The van der Waals surface area contributed by atoms with Gasteiger partial charge in [0.05, 0.1) is 24.7 Å². The highest BCUT2D eigenvalue weighted by atomic mass is 32.1. The van der Waals surface area contributed by atoms with E-state index >= 15 is 0 Å². The lowest BCUT2D eigenvalue weighted by atomic mass is 10.1. The fourth-order valence-corrected chi connectivity index (χ4v) is 3.44.